The Hall–Kier alpha value is -2.51. The monoisotopic (exact) mass is 340 g/mol. The third-order valence-corrected chi connectivity index (χ3v) is 4.39. The third kappa shape index (κ3) is 2.61. The molecule has 0 aliphatic carbocycles. The fraction of sp³-hybridized carbons (Fsp3) is 0.375. The number of aromatic nitrogens is 1. The van der Waals surface area contributed by atoms with Gasteiger partial charge in [-0.3, -0.25) is 4.79 Å². The maximum absolute atomic E-state index is 12.8. The third-order valence-electron chi connectivity index (χ3n) is 4.39. The van der Waals surface area contributed by atoms with Crippen LogP contribution in [0.1, 0.15) is 28.9 Å². The number of carbonyl (C=O) groups is 2. The summed E-state index contributed by atoms with van der Waals surface area (Å²) in [5.74, 6) is -1.55. The lowest BCUT2D eigenvalue weighted by Crippen LogP contribution is -2.41. The van der Waals surface area contributed by atoms with Crippen molar-refractivity contribution in [1.82, 2.24) is 9.47 Å². The second-order valence-corrected chi connectivity index (χ2v) is 5.85. The predicted octanol–water partition coefficient (Wildman–Crippen LogP) is 2.89. The first-order valence-corrected chi connectivity index (χ1v) is 7.40. The molecule has 5 nitrogen and oxygen atoms in total. The highest BCUT2D eigenvalue weighted by molar-refractivity contribution is 6.00. The number of carbonyl (C=O) groups excluding carboxylic acids is 1. The van der Waals surface area contributed by atoms with Gasteiger partial charge in [0.1, 0.15) is 11.7 Å². The molecule has 3 rings (SSSR count). The fourth-order valence-corrected chi connectivity index (χ4v) is 3.14. The highest BCUT2D eigenvalue weighted by Gasteiger charge is 2.36. The maximum atomic E-state index is 12.8. The van der Waals surface area contributed by atoms with Gasteiger partial charge in [-0.2, -0.15) is 13.2 Å². The zero-order valence-corrected chi connectivity index (χ0v) is 12.8. The molecule has 0 bridgehead atoms. The molecule has 2 heterocycles. The minimum atomic E-state index is -4.46. The minimum absolute atomic E-state index is 0.178. The van der Waals surface area contributed by atoms with Gasteiger partial charge in [0.2, 0.25) is 0 Å². The van der Waals surface area contributed by atoms with E-state index in [1.54, 1.807) is 7.05 Å². The zero-order chi connectivity index (χ0) is 17.6. The van der Waals surface area contributed by atoms with E-state index in [0.29, 0.717) is 30.3 Å². The average molecular weight is 340 g/mol. The number of nitrogens with zero attached hydrogens (tertiary/aromatic N) is 2. The molecule has 1 aromatic heterocycles. The molecular weight excluding hydrogens is 325 g/mol. The van der Waals surface area contributed by atoms with Crippen molar-refractivity contribution in [3.8, 4) is 0 Å². The SMILES string of the molecule is Cn1c(C(=O)N2CCC[C@H]2C(=O)O)cc2cc(C(F)(F)F)ccc21. The second kappa shape index (κ2) is 5.54. The molecule has 1 aromatic carbocycles. The number of rotatable bonds is 2. The number of amides is 1. The Morgan fingerprint density at radius 1 is 1.25 bits per heavy atom. The maximum Gasteiger partial charge on any atom is 0.416 e. The largest absolute Gasteiger partial charge is 0.480 e. The molecule has 1 amide bonds. The number of aryl methyl sites for hydroxylation is 1. The fourth-order valence-electron chi connectivity index (χ4n) is 3.14. The van der Waals surface area contributed by atoms with Crippen LogP contribution in [0.2, 0.25) is 0 Å². The lowest BCUT2D eigenvalue weighted by molar-refractivity contribution is -0.141. The van der Waals surface area contributed by atoms with Crippen LogP contribution in [0.3, 0.4) is 0 Å². The Kier molecular flexibility index (Phi) is 3.77. The molecular formula is C16H15F3N2O3. The Morgan fingerprint density at radius 2 is 1.96 bits per heavy atom. The van der Waals surface area contributed by atoms with E-state index >= 15 is 0 Å². The van der Waals surface area contributed by atoms with Gasteiger partial charge in [0.05, 0.1) is 5.56 Å². The first kappa shape index (κ1) is 16.4. The molecule has 0 saturated carbocycles. The highest BCUT2D eigenvalue weighted by Crippen LogP contribution is 2.32. The van der Waals surface area contributed by atoms with Gasteiger partial charge in [0.15, 0.2) is 0 Å². The van der Waals surface area contributed by atoms with Gasteiger partial charge >= 0.3 is 12.1 Å². The number of carboxylic acids is 1. The van der Waals surface area contributed by atoms with Crippen molar-refractivity contribution in [3.63, 3.8) is 0 Å². The number of hydrogen-bond acceptors (Lipinski definition) is 2. The molecule has 128 valence electrons. The quantitative estimate of drug-likeness (QED) is 0.914. The molecule has 1 saturated heterocycles. The normalized spacial score (nSPS) is 18.3. The molecule has 1 aliphatic heterocycles. The standard InChI is InChI=1S/C16H15F3N2O3/c1-20-11-5-4-10(16(17,18)19)7-9(11)8-13(20)14(22)21-6-2-3-12(21)15(23)24/h4-5,7-8,12H,2-3,6H2,1H3,(H,23,24)/t12-/m0/s1. The number of halogens is 3. The smallest absolute Gasteiger partial charge is 0.416 e. The summed E-state index contributed by atoms with van der Waals surface area (Å²) in [5.41, 5.74) is -0.126. The average Bonchev–Trinajstić information content (AvgIpc) is 3.10. The first-order chi connectivity index (χ1) is 11.2. The molecule has 1 fully saturated rings. The molecule has 0 radical (unpaired) electrons. The molecule has 8 heteroatoms. The number of aliphatic carboxylic acids is 1. The van der Waals surface area contributed by atoms with Gasteiger partial charge in [-0.05, 0) is 37.1 Å². The molecule has 1 atom stereocenters. The van der Waals surface area contributed by atoms with E-state index in [1.165, 1.54) is 21.6 Å². The number of fused-ring (bicyclic) bond motifs is 1. The van der Waals surface area contributed by atoms with Crippen molar-refractivity contribution >= 4 is 22.8 Å². The van der Waals surface area contributed by atoms with E-state index in [2.05, 4.69) is 0 Å². The van der Waals surface area contributed by atoms with Crippen molar-refractivity contribution in [2.75, 3.05) is 6.54 Å². The Morgan fingerprint density at radius 3 is 2.58 bits per heavy atom. The van der Waals surface area contributed by atoms with Crippen LogP contribution in [0.15, 0.2) is 24.3 Å². The number of likely N-dealkylation sites (tertiary alicyclic amines) is 1. The van der Waals surface area contributed by atoms with Crippen molar-refractivity contribution in [3.05, 3.63) is 35.5 Å². The van der Waals surface area contributed by atoms with Gasteiger partial charge in [-0.1, -0.05) is 0 Å². The number of hydrogen-bond donors (Lipinski definition) is 1. The van der Waals surface area contributed by atoms with E-state index in [1.807, 2.05) is 0 Å². The lowest BCUT2D eigenvalue weighted by Gasteiger charge is -2.21. The summed E-state index contributed by atoms with van der Waals surface area (Å²) < 4.78 is 40.0. The van der Waals surface area contributed by atoms with Crippen molar-refractivity contribution in [2.45, 2.75) is 25.1 Å². The Bertz CT molecular complexity index is 826. The van der Waals surface area contributed by atoms with Crippen LogP contribution < -0.4 is 0 Å². The summed E-state index contributed by atoms with van der Waals surface area (Å²) in [7, 11) is 1.58. The number of carboxylic acid groups (broad SMARTS) is 1. The van der Waals surface area contributed by atoms with Crippen LogP contribution in [-0.2, 0) is 18.0 Å². The van der Waals surface area contributed by atoms with Crippen LogP contribution in [0.25, 0.3) is 10.9 Å². The summed E-state index contributed by atoms with van der Waals surface area (Å²) in [6, 6.07) is 3.76. The lowest BCUT2D eigenvalue weighted by atomic mass is 10.1. The molecule has 24 heavy (non-hydrogen) atoms. The van der Waals surface area contributed by atoms with E-state index in [9.17, 15) is 27.9 Å². The van der Waals surface area contributed by atoms with Crippen LogP contribution >= 0.6 is 0 Å². The minimum Gasteiger partial charge on any atom is -0.480 e. The Balaban J connectivity index is 2.02. The van der Waals surface area contributed by atoms with E-state index in [0.717, 1.165) is 12.1 Å². The Labute approximate surface area is 135 Å². The topological polar surface area (TPSA) is 62.5 Å². The molecule has 2 aromatic rings. The molecule has 1 N–H and O–H groups in total. The number of benzene rings is 1. The predicted molar refractivity (Wildman–Crippen MR) is 79.6 cm³/mol. The second-order valence-electron chi connectivity index (χ2n) is 5.85. The number of alkyl halides is 3. The van der Waals surface area contributed by atoms with Crippen LogP contribution in [0, 0.1) is 0 Å². The van der Waals surface area contributed by atoms with Gasteiger partial charge in [-0.25, -0.2) is 4.79 Å². The van der Waals surface area contributed by atoms with Crippen LogP contribution in [-0.4, -0.2) is 39.0 Å². The highest BCUT2D eigenvalue weighted by atomic mass is 19.4. The first-order valence-electron chi connectivity index (χ1n) is 7.40. The van der Waals surface area contributed by atoms with Gasteiger partial charge in [0, 0.05) is 24.5 Å². The van der Waals surface area contributed by atoms with Gasteiger partial charge < -0.3 is 14.6 Å². The summed E-state index contributed by atoms with van der Waals surface area (Å²) >= 11 is 0. The van der Waals surface area contributed by atoms with E-state index in [-0.39, 0.29) is 5.69 Å². The summed E-state index contributed by atoms with van der Waals surface area (Å²) in [4.78, 5) is 25.2. The van der Waals surface area contributed by atoms with Crippen LogP contribution in [0.5, 0.6) is 0 Å². The van der Waals surface area contributed by atoms with Gasteiger partial charge in [0.25, 0.3) is 5.91 Å². The molecule has 1 aliphatic rings. The zero-order valence-electron chi connectivity index (χ0n) is 12.8. The van der Waals surface area contributed by atoms with Crippen molar-refractivity contribution in [1.29, 1.82) is 0 Å². The summed E-state index contributed by atoms with van der Waals surface area (Å²) in [6.45, 7) is 0.325. The van der Waals surface area contributed by atoms with Crippen molar-refractivity contribution in [2.24, 2.45) is 7.05 Å². The van der Waals surface area contributed by atoms with Gasteiger partial charge in [-0.15, -0.1) is 0 Å². The van der Waals surface area contributed by atoms with E-state index in [4.69, 9.17) is 0 Å². The van der Waals surface area contributed by atoms with E-state index < -0.39 is 29.7 Å². The molecule has 0 spiro atoms. The van der Waals surface area contributed by atoms with Crippen molar-refractivity contribution < 1.29 is 27.9 Å². The molecule has 0 unspecified atom stereocenters. The summed E-state index contributed by atoms with van der Waals surface area (Å²) in [6.07, 6.45) is -3.49. The summed E-state index contributed by atoms with van der Waals surface area (Å²) in [5, 5.41) is 9.48. The van der Waals surface area contributed by atoms with Crippen LogP contribution in [0.4, 0.5) is 13.2 Å².